The van der Waals surface area contributed by atoms with Gasteiger partial charge in [-0.1, -0.05) is 30.3 Å². The zero-order chi connectivity index (χ0) is 16.8. The van der Waals surface area contributed by atoms with E-state index in [1.807, 2.05) is 48.5 Å². The summed E-state index contributed by atoms with van der Waals surface area (Å²) in [5.74, 6) is 1.25. The van der Waals surface area contributed by atoms with E-state index in [0.717, 1.165) is 43.0 Å². The minimum Gasteiger partial charge on any atom is -0.464 e. The Bertz CT molecular complexity index is 1200. The van der Waals surface area contributed by atoms with Crippen molar-refractivity contribution in [3.05, 3.63) is 61.1 Å². The summed E-state index contributed by atoms with van der Waals surface area (Å²) in [6.07, 6.45) is 3.16. The van der Waals surface area contributed by atoms with E-state index in [0.29, 0.717) is 5.82 Å². The summed E-state index contributed by atoms with van der Waals surface area (Å²) in [6, 6.07) is 15.9. The number of anilines is 1. The summed E-state index contributed by atoms with van der Waals surface area (Å²) in [4.78, 5) is 14.3. The summed E-state index contributed by atoms with van der Waals surface area (Å²) >= 11 is 1.51. The van der Waals surface area contributed by atoms with Crippen LogP contribution in [0.25, 0.3) is 43.0 Å². The summed E-state index contributed by atoms with van der Waals surface area (Å²) in [7, 11) is 0. The van der Waals surface area contributed by atoms with Gasteiger partial charge in [-0.15, -0.1) is 11.3 Å². The number of hydrogen-bond acceptors (Lipinski definition) is 6. The van der Waals surface area contributed by atoms with Crippen molar-refractivity contribution in [3.63, 3.8) is 0 Å². The van der Waals surface area contributed by atoms with Gasteiger partial charge in [0.05, 0.1) is 22.2 Å². The number of nitrogen functional groups attached to an aromatic ring is 1. The second-order valence-corrected chi connectivity index (χ2v) is 6.62. The van der Waals surface area contributed by atoms with Crippen molar-refractivity contribution in [1.82, 2.24) is 15.0 Å². The van der Waals surface area contributed by atoms with Crippen LogP contribution in [0.15, 0.2) is 65.5 Å². The first-order chi connectivity index (χ1) is 12.3. The zero-order valence-corrected chi connectivity index (χ0v) is 13.8. The molecule has 0 bridgehead atoms. The average molecular weight is 344 g/mol. The van der Waals surface area contributed by atoms with E-state index < -0.39 is 0 Å². The number of pyridine rings is 1. The first-order valence-corrected chi connectivity index (χ1v) is 8.56. The van der Waals surface area contributed by atoms with Crippen molar-refractivity contribution in [2.45, 2.75) is 0 Å². The molecule has 0 amide bonds. The van der Waals surface area contributed by atoms with Gasteiger partial charge in [-0.3, -0.25) is 0 Å². The molecule has 0 fully saturated rings. The highest BCUT2D eigenvalue weighted by molar-refractivity contribution is 7.26. The fourth-order valence-electron chi connectivity index (χ4n) is 2.97. The largest absolute Gasteiger partial charge is 0.464 e. The number of fused-ring (bicyclic) bond motifs is 3. The average Bonchev–Trinajstić information content (AvgIpc) is 3.30. The first kappa shape index (κ1) is 14.1. The van der Waals surface area contributed by atoms with E-state index in [4.69, 9.17) is 15.1 Å². The quantitative estimate of drug-likeness (QED) is 0.500. The molecule has 6 heteroatoms. The first-order valence-electron chi connectivity index (χ1n) is 7.74. The summed E-state index contributed by atoms with van der Waals surface area (Å²) in [5, 5.41) is 0.948. The van der Waals surface area contributed by atoms with E-state index in [2.05, 4.69) is 9.97 Å². The van der Waals surface area contributed by atoms with Crippen LogP contribution in [0.3, 0.4) is 0 Å². The SMILES string of the molecule is Nc1ncnc2c1sc1nc(-c3ccccc3)cc(-c3ccco3)c12. The maximum atomic E-state index is 6.05. The van der Waals surface area contributed by atoms with Crippen molar-refractivity contribution in [2.24, 2.45) is 0 Å². The van der Waals surface area contributed by atoms with Crippen LogP contribution < -0.4 is 5.73 Å². The summed E-state index contributed by atoms with van der Waals surface area (Å²) in [5.41, 5.74) is 9.75. The molecule has 120 valence electrons. The monoisotopic (exact) mass is 344 g/mol. The molecular formula is C19H12N4OS. The second kappa shape index (κ2) is 5.39. The number of nitrogens with two attached hydrogens (primary N) is 1. The molecule has 0 unspecified atom stereocenters. The van der Waals surface area contributed by atoms with Gasteiger partial charge in [0.15, 0.2) is 0 Å². The Morgan fingerprint density at radius 2 is 1.88 bits per heavy atom. The fraction of sp³-hybridized carbons (Fsp3) is 0. The number of hydrogen-bond donors (Lipinski definition) is 1. The Morgan fingerprint density at radius 3 is 2.68 bits per heavy atom. The number of benzene rings is 1. The number of nitrogens with zero attached hydrogens (tertiary/aromatic N) is 3. The van der Waals surface area contributed by atoms with Gasteiger partial charge in [0, 0.05) is 16.5 Å². The van der Waals surface area contributed by atoms with Crippen LogP contribution in [0.5, 0.6) is 0 Å². The van der Waals surface area contributed by atoms with Crippen LogP contribution in [0, 0.1) is 0 Å². The molecule has 4 heterocycles. The molecule has 25 heavy (non-hydrogen) atoms. The van der Waals surface area contributed by atoms with Gasteiger partial charge in [0.1, 0.15) is 22.7 Å². The topological polar surface area (TPSA) is 77.8 Å². The van der Waals surface area contributed by atoms with Gasteiger partial charge >= 0.3 is 0 Å². The number of rotatable bonds is 2. The third kappa shape index (κ3) is 2.19. The van der Waals surface area contributed by atoms with Gasteiger partial charge in [0.2, 0.25) is 0 Å². The van der Waals surface area contributed by atoms with Crippen LogP contribution in [0.4, 0.5) is 5.82 Å². The molecule has 0 saturated heterocycles. The minimum absolute atomic E-state index is 0.472. The molecule has 0 atom stereocenters. The minimum atomic E-state index is 0.472. The Hall–Kier alpha value is -3.25. The lowest BCUT2D eigenvalue weighted by Crippen LogP contribution is -1.90. The predicted molar refractivity (Wildman–Crippen MR) is 100 cm³/mol. The van der Waals surface area contributed by atoms with Gasteiger partial charge in [0.25, 0.3) is 0 Å². The second-order valence-electron chi connectivity index (χ2n) is 5.62. The Balaban J connectivity index is 1.92. The van der Waals surface area contributed by atoms with Crippen LogP contribution in [0.1, 0.15) is 0 Å². The van der Waals surface area contributed by atoms with Gasteiger partial charge < -0.3 is 10.2 Å². The number of furan rings is 1. The van der Waals surface area contributed by atoms with Crippen molar-refractivity contribution in [1.29, 1.82) is 0 Å². The lowest BCUT2D eigenvalue weighted by atomic mass is 10.0. The van der Waals surface area contributed by atoms with E-state index in [-0.39, 0.29) is 0 Å². The highest BCUT2D eigenvalue weighted by atomic mass is 32.1. The van der Waals surface area contributed by atoms with Gasteiger partial charge in [-0.25, -0.2) is 15.0 Å². The van der Waals surface area contributed by atoms with Gasteiger partial charge in [-0.2, -0.15) is 0 Å². The molecule has 0 aliphatic rings. The normalized spacial score (nSPS) is 11.4. The predicted octanol–water partition coefficient (Wildman–Crippen LogP) is 4.75. The molecule has 4 aromatic heterocycles. The van der Waals surface area contributed by atoms with Crippen molar-refractivity contribution in [3.8, 4) is 22.6 Å². The summed E-state index contributed by atoms with van der Waals surface area (Å²) in [6.45, 7) is 0. The molecule has 0 saturated carbocycles. The molecule has 5 aromatic rings. The maximum absolute atomic E-state index is 6.05. The standard InChI is InChI=1S/C19H12N4OS/c20-18-17-16(21-10-22-18)15-12(14-7-4-8-24-14)9-13(23-19(15)25-17)11-5-2-1-3-6-11/h1-10H,(H2,20,21,22). The van der Waals surface area contributed by atoms with E-state index in [1.54, 1.807) is 6.26 Å². The van der Waals surface area contributed by atoms with E-state index in [1.165, 1.54) is 17.7 Å². The molecule has 0 radical (unpaired) electrons. The molecular weight excluding hydrogens is 332 g/mol. The van der Waals surface area contributed by atoms with Crippen molar-refractivity contribution < 1.29 is 4.42 Å². The lowest BCUT2D eigenvalue weighted by molar-refractivity contribution is 0.583. The maximum Gasteiger partial charge on any atom is 0.144 e. The highest BCUT2D eigenvalue weighted by Crippen LogP contribution is 2.41. The molecule has 0 aliphatic carbocycles. The molecule has 0 aliphatic heterocycles. The van der Waals surface area contributed by atoms with Crippen LogP contribution in [0.2, 0.25) is 0 Å². The molecule has 5 nitrogen and oxygen atoms in total. The zero-order valence-electron chi connectivity index (χ0n) is 13.0. The Labute approximate surface area is 146 Å². The third-order valence-electron chi connectivity index (χ3n) is 4.11. The number of thiophene rings is 1. The lowest BCUT2D eigenvalue weighted by Gasteiger charge is -2.06. The van der Waals surface area contributed by atoms with E-state index in [9.17, 15) is 0 Å². The van der Waals surface area contributed by atoms with Gasteiger partial charge in [-0.05, 0) is 18.2 Å². The van der Waals surface area contributed by atoms with Crippen LogP contribution in [-0.4, -0.2) is 15.0 Å². The Kier molecular flexibility index (Phi) is 3.05. The summed E-state index contributed by atoms with van der Waals surface area (Å²) < 4.78 is 6.52. The molecule has 1 aromatic carbocycles. The third-order valence-corrected chi connectivity index (χ3v) is 5.20. The highest BCUT2D eigenvalue weighted by Gasteiger charge is 2.18. The van der Waals surface area contributed by atoms with Crippen molar-refractivity contribution in [2.75, 3.05) is 5.73 Å². The smallest absolute Gasteiger partial charge is 0.144 e. The molecule has 2 N–H and O–H groups in total. The Morgan fingerprint density at radius 1 is 1.00 bits per heavy atom. The van der Waals surface area contributed by atoms with Crippen molar-refractivity contribution >= 4 is 37.6 Å². The van der Waals surface area contributed by atoms with E-state index >= 15 is 0 Å². The fourth-order valence-corrected chi connectivity index (χ4v) is 4.02. The van der Waals surface area contributed by atoms with Crippen LogP contribution in [-0.2, 0) is 0 Å². The molecule has 5 rings (SSSR count). The number of aromatic nitrogens is 3. The molecule has 0 spiro atoms. The van der Waals surface area contributed by atoms with Crippen LogP contribution >= 0.6 is 11.3 Å².